The van der Waals surface area contributed by atoms with E-state index < -0.39 is 0 Å². The molecule has 0 bridgehead atoms. The van der Waals surface area contributed by atoms with Crippen molar-refractivity contribution >= 4 is 39.3 Å². The van der Waals surface area contributed by atoms with Crippen molar-refractivity contribution in [2.75, 3.05) is 0 Å². The van der Waals surface area contributed by atoms with Crippen LogP contribution < -0.4 is 0 Å². The number of H-pyrrole nitrogens is 1. The summed E-state index contributed by atoms with van der Waals surface area (Å²) >= 11 is 9.11. The van der Waals surface area contributed by atoms with Gasteiger partial charge in [0.05, 0.1) is 11.4 Å². The molecule has 6 heteroatoms. The average molecular weight is 365 g/mol. The summed E-state index contributed by atoms with van der Waals surface area (Å²) in [6, 6.07) is 4.23. The van der Waals surface area contributed by atoms with E-state index in [1.54, 1.807) is 0 Å². The second-order valence-electron chi connectivity index (χ2n) is 5.25. The number of halogens is 1. The maximum Gasteiger partial charge on any atom is 0.184 e. The summed E-state index contributed by atoms with van der Waals surface area (Å²) in [5, 5.41) is 4.58. The molecule has 0 amide bonds. The predicted molar refractivity (Wildman–Crippen MR) is 91.8 cm³/mol. The second kappa shape index (κ2) is 5.10. The van der Waals surface area contributed by atoms with Gasteiger partial charge in [0.15, 0.2) is 10.4 Å². The van der Waals surface area contributed by atoms with Crippen LogP contribution in [0.4, 0.5) is 0 Å². The molecule has 0 fully saturated rings. The highest BCUT2D eigenvalue weighted by molar-refractivity contribution is 9.10. The highest BCUT2D eigenvalue weighted by Gasteiger charge is 2.17. The number of aryl methyl sites for hydroxylation is 4. The lowest BCUT2D eigenvalue weighted by Gasteiger charge is -2.13. The van der Waals surface area contributed by atoms with Gasteiger partial charge in [-0.3, -0.25) is 4.57 Å². The first kappa shape index (κ1) is 14.5. The lowest BCUT2D eigenvalue weighted by atomic mass is 10.1. The van der Waals surface area contributed by atoms with Gasteiger partial charge in [0, 0.05) is 11.0 Å². The first-order chi connectivity index (χ1) is 9.93. The van der Waals surface area contributed by atoms with Gasteiger partial charge in [0.25, 0.3) is 0 Å². The number of rotatable bonds is 2. The molecule has 3 rings (SSSR count). The van der Waals surface area contributed by atoms with Gasteiger partial charge in [-0.15, -0.1) is 0 Å². The summed E-state index contributed by atoms with van der Waals surface area (Å²) < 4.78 is 5.89. The lowest BCUT2D eigenvalue weighted by molar-refractivity contribution is 0.661. The Morgan fingerprint density at radius 2 is 1.86 bits per heavy atom. The number of aromatic amines is 1. The molecule has 3 aromatic rings. The Bertz CT molecular complexity index is 877. The Hall–Kier alpha value is -1.40. The lowest BCUT2D eigenvalue weighted by Crippen LogP contribution is -2.06. The van der Waals surface area contributed by atoms with E-state index in [-0.39, 0.29) is 0 Å². The molecule has 1 aromatic carbocycles. The Labute approximate surface area is 136 Å². The zero-order valence-corrected chi connectivity index (χ0v) is 14.9. The normalized spacial score (nSPS) is 11.5. The second-order valence-corrected chi connectivity index (χ2v) is 6.56. The van der Waals surface area contributed by atoms with Crippen LogP contribution in [-0.2, 0) is 6.54 Å². The third-order valence-corrected chi connectivity index (χ3v) is 4.47. The summed E-state index contributed by atoms with van der Waals surface area (Å²) in [5.74, 6) is 0. The summed E-state index contributed by atoms with van der Waals surface area (Å²) in [6.07, 6.45) is 0. The molecule has 0 aliphatic rings. The number of fused-ring (bicyclic) bond motifs is 1. The average Bonchev–Trinajstić information content (AvgIpc) is 2.87. The van der Waals surface area contributed by atoms with Crippen LogP contribution in [-0.4, -0.2) is 19.3 Å². The Kier molecular flexibility index (Phi) is 3.53. The number of hydrogen-bond donors (Lipinski definition) is 1. The van der Waals surface area contributed by atoms with E-state index in [0.29, 0.717) is 4.77 Å². The van der Waals surface area contributed by atoms with Crippen LogP contribution in [0.2, 0.25) is 0 Å². The van der Waals surface area contributed by atoms with Crippen molar-refractivity contribution in [3.05, 3.63) is 38.2 Å². The molecule has 110 valence electrons. The van der Waals surface area contributed by atoms with Crippen molar-refractivity contribution in [2.45, 2.75) is 34.2 Å². The van der Waals surface area contributed by atoms with Crippen LogP contribution in [0.25, 0.3) is 16.9 Å². The standard InChI is InChI=1S/C15H17BrN4S/c1-5-19-14-12(10(4)18-19)17-15(21)20(14)13-8(2)6-11(16)7-9(13)3/h6-7H,5H2,1-4H3,(H,17,21). The summed E-state index contributed by atoms with van der Waals surface area (Å²) in [7, 11) is 0. The first-order valence-corrected chi connectivity index (χ1v) is 8.09. The number of aromatic nitrogens is 4. The fourth-order valence-corrected chi connectivity index (χ4v) is 3.85. The molecule has 2 heterocycles. The number of imidazole rings is 1. The van der Waals surface area contributed by atoms with Gasteiger partial charge in [-0.05, 0) is 63.2 Å². The number of benzene rings is 1. The van der Waals surface area contributed by atoms with Crippen LogP contribution >= 0.6 is 28.1 Å². The maximum absolute atomic E-state index is 5.56. The summed E-state index contributed by atoms with van der Waals surface area (Å²) in [4.78, 5) is 3.30. The monoisotopic (exact) mass is 364 g/mol. The number of hydrogen-bond acceptors (Lipinski definition) is 2. The van der Waals surface area contributed by atoms with Gasteiger partial charge in [-0.2, -0.15) is 5.10 Å². The van der Waals surface area contributed by atoms with E-state index in [9.17, 15) is 0 Å². The number of nitrogens with one attached hydrogen (secondary N) is 1. The Morgan fingerprint density at radius 1 is 1.24 bits per heavy atom. The van der Waals surface area contributed by atoms with Crippen LogP contribution in [0.3, 0.4) is 0 Å². The first-order valence-electron chi connectivity index (χ1n) is 6.89. The van der Waals surface area contributed by atoms with E-state index in [0.717, 1.165) is 33.6 Å². The highest BCUT2D eigenvalue weighted by Crippen LogP contribution is 2.28. The van der Waals surface area contributed by atoms with Crippen molar-refractivity contribution in [1.29, 1.82) is 0 Å². The van der Waals surface area contributed by atoms with Gasteiger partial charge < -0.3 is 4.98 Å². The molecule has 0 saturated carbocycles. The molecule has 1 N–H and O–H groups in total. The summed E-state index contributed by atoms with van der Waals surface area (Å²) in [5.41, 5.74) is 6.52. The molecule has 21 heavy (non-hydrogen) atoms. The molecule has 0 spiro atoms. The third kappa shape index (κ3) is 2.17. The molecule has 0 atom stereocenters. The maximum atomic E-state index is 5.56. The largest absolute Gasteiger partial charge is 0.327 e. The molecule has 0 aliphatic heterocycles. The van der Waals surface area contributed by atoms with Crippen molar-refractivity contribution in [3.8, 4) is 5.69 Å². The zero-order chi connectivity index (χ0) is 15.3. The van der Waals surface area contributed by atoms with Crippen molar-refractivity contribution in [2.24, 2.45) is 0 Å². The number of nitrogens with zero attached hydrogens (tertiary/aromatic N) is 3. The minimum atomic E-state index is 0.709. The van der Waals surface area contributed by atoms with Gasteiger partial charge in [0.1, 0.15) is 5.52 Å². The van der Waals surface area contributed by atoms with Crippen molar-refractivity contribution in [1.82, 2.24) is 19.3 Å². The molecular formula is C15H17BrN4S. The highest BCUT2D eigenvalue weighted by atomic mass is 79.9. The molecule has 0 radical (unpaired) electrons. The fraction of sp³-hybridized carbons (Fsp3) is 0.333. The Balaban J connectivity index is 2.46. The van der Waals surface area contributed by atoms with Gasteiger partial charge in [-0.25, -0.2) is 4.68 Å². The predicted octanol–water partition coefficient (Wildman–Crippen LogP) is 4.59. The molecule has 4 nitrogen and oxygen atoms in total. The van der Waals surface area contributed by atoms with E-state index >= 15 is 0 Å². The van der Waals surface area contributed by atoms with E-state index in [1.807, 2.05) is 11.6 Å². The summed E-state index contributed by atoms with van der Waals surface area (Å²) in [6.45, 7) is 9.12. The minimum absolute atomic E-state index is 0.709. The van der Waals surface area contributed by atoms with Crippen LogP contribution in [0.5, 0.6) is 0 Å². The smallest absolute Gasteiger partial charge is 0.184 e. The van der Waals surface area contributed by atoms with Crippen molar-refractivity contribution < 1.29 is 0 Å². The van der Waals surface area contributed by atoms with E-state index in [2.05, 4.69) is 63.5 Å². The fourth-order valence-electron chi connectivity index (χ4n) is 2.89. The van der Waals surface area contributed by atoms with Crippen LogP contribution in [0.1, 0.15) is 23.7 Å². The quantitative estimate of drug-likeness (QED) is 0.675. The van der Waals surface area contributed by atoms with E-state index in [1.165, 1.54) is 11.1 Å². The van der Waals surface area contributed by atoms with Gasteiger partial charge in [-0.1, -0.05) is 15.9 Å². The topological polar surface area (TPSA) is 38.5 Å². The Morgan fingerprint density at radius 3 is 2.43 bits per heavy atom. The van der Waals surface area contributed by atoms with E-state index in [4.69, 9.17) is 12.2 Å². The molecule has 0 unspecified atom stereocenters. The zero-order valence-electron chi connectivity index (χ0n) is 12.5. The van der Waals surface area contributed by atoms with Gasteiger partial charge in [0.2, 0.25) is 0 Å². The molecular weight excluding hydrogens is 348 g/mol. The SMILES string of the molecule is CCn1nc(C)c2[nH]c(=S)n(-c3c(C)cc(Br)cc3C)c21. The van der Waals surface area contributed by atoms with Crippen LogP contribution in [0.15, 0.2) is 16.6 Å². The molecule has 2 aromatic heterocycles. The van der Waals surface area contributed by atoms with Crippen LogP contribution in [0, 0.1) is 25.5 Å². The minimum Gasteiger partial charge on any atom is -0.327 e. The van der Waals surface area contributed by atoms with Gasteiger partial charge >= 0.3 is 0 Å². The van der Waals surface area contributed by atoms with Crippen molar-refractivity contribution in [3.63, 3.8) is 0 Å². The molecule has 0 saturated heterocycles. The molecule has 0 aliphatic carbocycles. The third-order valence-electron chi connectivity index (χ3n) is 3.73.